The highest BCUT2D eigenvalue weighted by Crippen LogP contribution is 2.30. The van der Waals surface area contributed by atoms with Gasteiger partial charge in [-0.05, 0) is 66.2 Å². The topological polar surface area (TPSA) is 85.3 Å². The summed E-state index contributed by atoms with van der Waals surface area (Å²) in [7, 11) is 0. The van der Waals surface area contributed by atoms with E-state index in [1.165, 1.54) is 0 Å². The first kappa shape index (κ1) is 22.1. The van der Waals surface area contributed by atoms with Crippen LogP contribution in [0.5, 0.6) is 0 Å². The lowest BCUT2D eigenvalue weighted by Crippen LogP contribution is -2.51. The van der Waals surface area contributed by atoms with Crippen LogP contribution in [-0.2, 0) is 23.8 Å². The van der Waals surface area contributed by atoms with Crippen molar-refractivity contribution in [2.24, 2.45) is 5.92 Å². The first-order chi connectivity index (χ1) is 12.7. The van der Waals surface area contributed by atoms with E-state index in [9.17, 15) is 14.7 Å². The number of aliphatic hydroxyl groups is 1. The number of esters is 2. The van der Waals surface area contributed by atoms with Crippen LogP contribution in [0.25, 0.3) is 0 Å². The Balaban J connectivity index is 1.95. The molecule has 0 aromatic carbocycles. The predicted octanol–water partition coefficient (Wildman–Crippen LogP) is 2.25. The van der Waals surface area contributed by atoms with E-state index in [1.807, 2.05) is 11.8 Å². The molecule has 0 amide bonds. The highest BCUT2D eigenvalue weighted by Gasteiger charge is 2.39. The molecule has 1 saturated carbocycles. The number of ether oxygens (including phenoxy) is 3. The number of nitrogens with zero attached hydrogens (tertiary/aromatic N) is 1. The molecule has 2 rings (SSSR count). The van der Waals surface area contributed by atoms with Crippen molar-refractivity contribution in [2.45, 2.75) is 90.3 Å². The molecule has 7 heteroatoms. The van der Waals surface area contributed by atoms with Crippen LogP contribution in [0.15, 0.2) is 0 Å². The van der Waals surface area contributed by atoms with Crippen LogP contribution in [0.3, 0.4) is 0 Å². The molecular formula is C20H35NO6. The fraction of sp³-hybridized carbons (Fsp3) is 0.900. The van der Waals surface area contributed by atoms with Crippen molar-refractivity contribution in [3.63, 3.8) is 0 Å². The molecule has 7 nitrogen and oxygen atoms in total. The Labute approximate surface area is 162 Å². The van der Waals surface area contributed by atoms with E-state index in [1.54, 1.807) is 20.8 Å². The Hall–Kier alpha value is -1.18. The summed E-state index contributed by atoms with van der Waals surface area (Å²) >= 11 is 0. The van der Waals surface area contributed by atoms with E-state index in [-0.39, 0.29) is 18.0 Å². The van der Waals surface area contributed by atoms with Crippen molar-refractivity contribution in [3.8, 4) is 0 Å². The fourth-order valence-corrected chi connectivity index (χ4v) is 3.73. The van der Waals surface area contributed by atoms with Crippen LogP contribution in [0.4, 0.5) is 0 Å². The molecule has 0 unspecified atom stereocenters. The van der Waals surface area contributed by atoms with Gasteiger partial charge >= 0.3 is 11.9 Å². The van der Waals surface area contributed by atoms with Crippen molar-refractivity contribution in [2.75, 3.05) is 19.7 Å². The molecule has 1 saturated heterocycles. The first-order valence-electron chi connectivity index (χ1n) is 10.2. The van der Waals surface area contributed by atoms with E-state index < -0.39 is 23.9 Å². The van der Waals surface area contributed by atoms with Crippen LogP contribution in [0.1, 0.15) is 66.2 Å². The highest BCUT2D eigenvalue weighted by atomic mass is 16.6. The lowest BCUT2D eigenvalue weighted by molar-refractivity contribution is -0.194. The molecule has 1 heterocycles. The molecule has 0 aromatic heterocycles. The predicted molar refractivity (Wildman–Crippen MR) is 99.9 cm³/mol. The molecule has 2 aliphatic rings. The molecular weight excluding hydrogens is 350 g/mol. The third-order valence-electron chi connectivity index (χ3n) is 5.04. The van der Waals surface area contributed by atoms with E-state index in [0.717, 1.165) is 38.8 Å². The molecule has 1 N–H and O–H groups in total. The van der Waals surface area contributed by atoms with Crippen LogP contribution < -0.4 is 0 Å². The smallest absolute Gasteiger partial charge is 0.339 e. The van der Waals surface area contributed by atoms with E-state index >= 15 is 0 Å². The normalized spacial score (nSPS) is 26.4. The van der Waals surface area contributed by atoms with Crippen molar-refractivity contribution >= 4 is 11.9 Å². The lowest BCUT2D eigenvalue weighted by atomic mass is 9.87. The Morgan fingerprint density at radius 1 is 1.11 bits per heavy atom. The highest BCUT2D eigenvalue weighted by molar-refractivity contribution is 5.75. The second kappa shape index (κ2) is 9.85. The Morgan fingerprint density at radius 3 is 2.22 bits per heavy atom. The zero-order valence-corrected chi connectivity index (χ0v) is 17.1. The van der Waals surface area contributed by atoms with Crippen LogP contribution in [0.2, 0.25) is 0 Å². The number of hydrogen-bond donors (Lipinski definition) is 1. The minimum Gasteiger partial charge on any atom is -0.466 e. The summed E-state index contributed by atoms with van der Waals surface area (Å²) in [6.07, 6.45) is 2.77. The van der Waals surface area contributed by atoms with Gasteiger partial charge in [0.1, 0.15) is 11.8 Å². The van der Waals surface area contributed by atoms with Gasteiger partial charge in [0.15, 0.2) is 6.10 Å². The number of likely N-dealkylation sites (tertiary alicyclic amines) is 1. The molecule has 0 bridgehead atoms. The number of carbonyl (C=O) groups excluding carboxylic acids is 2. The van der Waals surface area contributed by atoms with Crippen LogP contribution in [-0.4, -0.2) is 65.7 Å². The minimum atomic E-state index is -1.34. The third-order valence-corrected chi connectivity index (χ3v) is 5.04. The molecule has 27 heavy (non-hydrogen) atoms. The molecule has 156 valence electrons. The van der Waals surface area contributed by atoms with Gasteiger partial charge in [-0.15, -0.1) is 0 Å². The van der Waals surface area contributed by atoms with Gasteiger partial charge in [-0.3, -0.25) is 9.69 Å². The summed E-state index contributed by atoms with van der Waals surface area (Å²) < 4.78 is 16.6. The zero-order valence-electron chi connectivity index (χ0n) is 17.1. The number of aliphatic hydroxyl groups excluding tert-OH is 1. The SMILES string of the molecule is CCOC(=O)C1CCC(O[C@H]([C@@H](O)C(=O)OC(C)(C)C)N2CCCC2)CC1. The van der Waals surface area contributed by atoms with Gasteiger partial charge < -0.3 is 19.3 Å². The lowest BCUT2D eigenvalue weighted by Gasteiger charge is -2.36. The van der Waals surface area contributed by atoms with Gasteiger partial charge in [0.05, 0.1) is 18.6 Å². The summed E-state index contributed by atoms with van der Waals surface area (Å²) in [5, 5.41) is 10.6. The summed E-state index contributed by atoms with van der Waals surface area (Å²) in [5.74, 6) is -0.869. The van der Waals surface area contributed by atoms with Crippen LogP contribution in [0, 0.1) is 5.92 Å². The van der Waals surface area contributed by atoms with Gasteiger partial charge in [-0.2, -0.15) is 0 Å². The average molecular weight is 386 g/mol. The van der Waals surface area contributed by atoms with Crippen molar-refractivity contribution < 1.29 is 28.9 Å². The minimum absolute atomic E-state index is 0.0779. The maximum Gasteiger partial charge on any atom is 0.339 e. The first-order valence-corrected chi connectivity index (χ1v) is 10.2. The van der Waals surface area contributed by atoms with Gasteiger partial charge in [-0.25, -0.2) is 4.79 Å². The monoisotopic (exact) mass is 385 g/mol. The Kier molecular flexibility index (Phi) is 8.06. The molecule has 0 radical (unpaired) electrons. The maximum atomic E-state index is 12.4. The summed E-state index contributed by atoms with van der Waals surface area (Å²) in [5.41, 5.74) is -0.661. The van der Waals surface area contributed by atoms with Crippen molar-refractivity contribution in [1.82, 2.24) is 4.90 Å². The zero-order chi connectivity index (χ0) is 20.0. The standard InChI is InChI=1S/C20H35NO6/c1-5-25-18(23)14-8-10-15(11-9-14)26-17(21-12-6-7-13-21)16(22)19(24)27-20(2,3)4/h14-17,22H,5-13H2,1-4H3/t14?,15?,16-,17-/m1/s1. The summed E-state index contributed by atoms with van der Waals surface area (Å²) in [4.78, 5) is 26.3. The van der Waals surface area contributed by atoms with Crippen LogP contribution >= 0.6 is 0 Å². The van der Waals surface area contributed by atoms with Gasteiger partial charge in [-0.1, -0.05) is 0 Å². The van der Waals surface area contributed by atoms with E-state index in [4.69, 9.17) is 14.2 Å². The van der Waals surface area contributed by atoms with E-state index in [0.29, 0.717) is 19.4 Å². The maximum absolute atomic E-state index is 12.4. The molecule has 2 fully saturated rings. The summed E-state index contributed by atoms with van der Waals surface area (Å²) in [6.45, 7) is 9.13. The molecule has 1 aliphatic heterocycles. The number of hydrogen-bond acceptors (Lipinski definition) is 7. The average Bonchev–Trinajstić information content (AvgIpc) is 3.12. The Morgan fingerprint density at radius 2 is 1.70 bits per heavy atom. The number of rotatable bonds is 7. The second-order valence-electron chi connectivity index (χ2n) is 8.47. The van der Waals surface area contributed by atoms with Gasteiger partial charge in [0, 0.05) is 13.1 Å². The largest absolute Gasteiger partial charge is 0.466 e. The molecule has 1 aliphatic carbocycles. The number of carbonyl (C=O) groups is 2. The molecule has 2 atom stereocenters. The quantitative estimate of drug-likeness (QED) is 0.673. The summed E-state index contributed by atoms with van der Waals surface area (Å²) in [6, 6.07) is 0. The molecule has 0 aromatic rings. The van der Waals surface area contributed by atoms with Crippen molar-refractivity contribution in [3.05, 3.63) is 0 Å². The molecule has 0 spiro atoms. The van der Waals surface area contributed by atoms with Gasteiger partial charge in [0.2, 0.25) is 0 Å². The van der Waals surface area contributed by atoms with Crippen molar-refractivity contribution in [1.29, 1.82) is 0 Å². The Bertz CT molecular complexity index is 489. The van der Waals surface area contributed by atoms with E-state index in [2.05, 4.69) is 0 Å². The van der Waals surface area contributed by atoms with Gasteiger partial charge in [0.25, 0.3) is 0 Å². The second-order valence-corrected chi connectivity index (χ2v) is 8.47. The fourth-order valence-electron chi connectivity index (χ4n) is 3.73. The third kappa shape index (κ3) is 6.73.